The molecule has 0 heterocycles. The molecule has 0 aliphatic rings. The highest BCUT2D eigenvalue weighted by Gasteiger charge is 2.19. The lowest BCUT2D eigenvalue weighted by molar-refractivity contribution is 0.201. The van der Waals surface area contributed by atoms with Crippen LogP contribution in [0, 0.1) is 5.92 Å². The van der Waals surface area contributed by atoms with Gasteiger partial charge in [0.25, 0.3) is 0 Å². The van der Waals surface area contributed by atoms with Crippen LogP contribution in [0.4, 0.5) is 0 Å². The normalized spacial score (nSPS) is 13.7. The second-order valence-corrected chi connectivity index (χ2v) is 7.49. The Morgan fingerprint density at radius 1 is 1.21 bits per heavy atom. The highest BCUT2D eigenvalue weighted by atomic mass is 32.2. The van der Waals surface area contributed by atoms with Crippen LogP contribution in [0.2, 0.25) is 0 Å². The third kappa shape index (κ3) is 5.72. The van der Waals surface area contributed by atoms with E-state index in [1.165, 1.54) is 0 Å². The molecular weight excluding hydrogens is 262 g/mol. The molecule has 108 valence electrons. The van der Waals surface area contributed by atoms with Gasteiger partial charge in [0, 0.05) is 6.54 Å². The van der Waals surface area contributed by atoms with E-state index in [9.17, 15) is 13.5 Å². The smallest absolute Gasteiger partial charge is 0.153 e. The number of nitrogens with two attached hydrogens (primary N) is 1. The van der Waals surface area contributed by atoms with E-state index in [1.807, 2.05) is 13.8 Å². The Morgan fingerprint density at radius 2 is 1.79 bits per heavy atom. The van der Waals surface area contributed by atoms with Gasteiger partial charge in [-0.1, -0.05) is 38.1 Å². The molecule has 5 heteroatoms. The van der Waals surface area contributed by atoms with Crippen LogP contribution in [0.5, 0.6) is 0 Å². The van der Waals surface area contributed by atoms with Crippen LogP contribution >= 0.6 is 0 Å². The first-order chi connectivity index (χ1) is 8.84. The van der Waals surface area contributed by atoms with E-state index >= 15 is 0 Å². The van der Waals surface area contributed by atoms with Gasteiger partial charge in [-0.2, -0.15) is 0 Å². The first-order valence-electron chi connectivity index (χ1n) is 6.51. The number of hydrogen-bond acceptors (Lipinski definition) is 4. The van der Waals surface area contributed by atoms with Crippen LogP contribution in [-0.4, -0.2) is 25.0 Å². The monoisotopic (exact) mass is 285 g/mol. The summed E-state index contributed by atoms with van der Waals surface area (Å²) in [5, 5.41) is 9.97. The largest absolute Gasteiger partial charge is 0.387 e. The first-order valence-corrected chi connectivity index (χ1v) is 8.33. The highest BCUT2D eigenvalue weighted by Crippen LogP contribution is 2.17. The summed E-state index contributed by atoms with van der Waals surface area (Å²) in [6, 6.07) is 7.06. The molecule has 0 aliphatic heterocycles. The quantitative estimate of drug-likeness (QED) is 0.798. The summed E-state index contributed by atoms with van der Waals surface area (Å²) in [5.41, 5.74) is 7.06. The van der Waals surface area contributed by atoms with Gasteiger partial charge in [-0.15, -0.1) is 0 Å². The standard InChI is InChI=1S/C14H23NO3S/c1-11(2)7-8-19(17,18)10-14(16)13-5-3-12(9-15)4-6-13/h3-6,11,14,16H,7-10,15H2,1-2H3. The lowest BCUT2D eigenvalue weighted by Gasteiger charge is -2.13. The maximum atomic E-state index is 11.9. The highest BCUT2D eigenvalue weighted by molar-refractivity contribution is 7.91. The summed E-state index contributed by atoms with van der Waals surface area (Å²) in [6.07, 6.45) is -0.342. The Hall–Kier alpha value is -0.910. The molecule has 0 aromatic heterocycles. The second kappa shape index (κ2) is 7.03. The molecule has 0 spiro atoms. The molecule has 1 aromatic carbocycles. The Bertz CT molecular complexity index is 480. The molecule has 4 nitrogen and oxygen atoms in total. The van der Waals surface area contributed by atoms with Gasteiger partial charge >= 0.3 is 0 Å². The number of hydrogen-bond donors (Lipinski definition) is 2. The first kappa shape index (κ1) is 16.1. The summed E-state index contributed by atoms with van der Waals surface area (Å²) in [7, 11) is -3.21. The number of aliphatic hydroxyl groups is 1. The van der Waals surface area contributed by atoms with Crippen molar-refractivity contribution in [2.75, 3.05) is 11.5 Å². The van der Waals surface area contributed by atoms with Crippen molar-refractivity contribution in [2.24, 2.45) is 11.7 Å². The van der Waals surface area contributed by atoms with Gasteiger partial charge in [-0.05, 0) is 23.5 Å². The molecule has 1 rings (SSSR count). The predicted octanol–water partition coefficient (Wildman–Crippen LogP) is 1.64. The van der Waals surface area contributed by atoms with E-state index in [4.69, 9.17) is 5.73 Å². The molecule has 0 saturated heterocycles. The summed E-state index contributed by atoms with van der Waals surface area (Å²) in [4.78, 5) is 0. The van der Waals surface area contributed by atoms with E-state index in [2.05, 4.69) is 0 Å². The molecule has 0 fully saturated rings. The van der Waals surface area contributed by atoms with Crippen molar-refractivity contribution in [1.29, 1.82) is 0 Å². The van der Waals surface area contributed by atoms with Crippen molar-refractivity contribution in [2.45, 2.75) is 32.9 Å². The summed E-state index contributed by atoms with van der Waals surface area (Å²) < 4.78 is 23.7. The molecule has 0 bridgehead atoms. The molecule has 1 aromatic rings. The zero-order valence-electron chi connectivity index (χ0n) is 11.5. The Kier molecular flexibility index (Phi) is 5.97. The number of rotatable bonds is 7. The zero-order chi connectivity index (χ0) is 14.5. The Balaban J connectivity index is 2.64. The fourth-order valence-corrected chi connectivity index (χ4v) is 3.38. The molecular formula is C14H23NO3S. The van der Waals surface area contributed by atoms with Gasteiger partial charge in [-0.25, -0.2) is 8.42 Å². The van der Waals surface area contributed by atoms with Gasteiger partial charge in [0.1, 0.15) is 0 Å². The molecule has 3 N–H and O–H groups in total. The van der Waals surface area contributed by atoms with E-state index in [0.717, 1.165) is 5.56 Å². The van der Waals surface area contributed by atoms with Crippen LogP contribution in [0.3, 0.4) is 0 Å². The minimum atomic E-state index is -3.21. The minimum Gasteiger partial charge on any atom is -0.387 e. The SMILES string of the molecule is CC(C)CCS(=O)(=O)CC(O)c1ccc(CN)cc1. The third-order valence-electron chi connectivity index (χ3n) is 3.02. The number of sulfone groups is 1. The summed E-state index contributed by atoms with van der Waals surface area (Å²) in [6.45, 7) is 4.40. The third-order valence-corrected chi connectivity index (χ3v) is 4.70. The molecule has 1 unspecified atom stereocenters. The van der Waals surface area contributed by atoms with E-state index in [1.54, 1.807) is 24.3 Å². The minimum absolute atomic E-state index is 0.128. The predicted molar refractivity (Wildman–Crippen MR) is 77.4 cm³/mol. The topological polar surface area (TPSA) is 80.4 Å². The van der Waals surface area contributed by atoms with Crippen molar-refractivity contribution in [1.82, 2.24) is 0 Å². The zero-order valence-corrected chi connectivity index (χ0v) is 12.4. The van der Waals surface area contributed by atoms with Crippen LogP contribution < -0.4 is 5.73 Å². The lowest BCUT2D eigenvalue weighted by atomic mass is 10.1. The van der Waals surface area contributed by atoms with E-state index in [0.29, 0.717) is 24.4 Å². The summed E-state index contributed by atoms with van der Waals surface area (Å²) >= 11 is 0. The molecule has 1 atom stereocenters. The average molecular weight is 285 g/mol. The van der Waals surface area contributed by atoms with Crippen molar-refractivity contribution >= 4 is 9.84 Å². The average Bonchev–Trinajstić information content (AvgIpc) is 2.36. The van der Waals surface area contributed by atoms with E-state index < -0.39 is 15.9 Å². The second-order valence-electron chi connectivity index (χ2n) is 5.26. The van der Waals surface area contributed by atoms with Crippen LogP contribution in [0.25, 0.3) is 0 Å². The van der Waals surface area contributed by atoms with Gasteiger partial charge in [-0.3, -0.25) is 0 Å². The van der Waals surface area contributed by atoms with Crippen LogP contribution in [-0.2, 0) is 16.4 Å². The van der Waals surface area contributed by atoms with Crippen molar-refractivity contribution in [3.8, 4) is 0 Å². The Labute approximate surface area is 115 Å². The summed E-state index contributed by atoms with van der Waals surface area (Å²) in [5.74, 6) is 0.250. The number of benzene rings is 1. The molecule has 0 saturated carbocycles. The van der Waals surface area contributed by atoms with Crippen molar-refractivity contribution in [3.05, 3.63) is 35.4 Å². The molecule has 0 radical (unpaired) electrons. The fourth-order valence-electron chi connectivity index (χ4n) is 1.71. The van der Waals surface area contributed by atoms with Crippen LogP contribution in [0.1, 0.15) is 37.5 Å². The molecule has 0 aliphatic carbocycles. The van der Waals surface area contributed by atoms with Crippen LogP contribution in [0.15, 0.2) is 24.3 Å². The van der Waals surface area contributed by atoms with Gasteiger partial charge in [0.05, 0.1) is 17.6 Å². The number of aliphatic hydroxyl groups excluding tert-OH is 1. The maximum absolute atomic E-state index is 11.9. The van der Waals surface area contributed by atoms with Gasteiger partial charge < -0.3 is 10.8 Å². The molecule has 19 heavy (non-hydrogen) atoms. The van der Waals surface area contributed by atoms with Crippen molar-refractivity contribution < 1.29 is 13.5 Å². The fraction of sp³-hybridized carbons (Fsp3) is 0.571. The maximum Gasteiger partial charge on any atom is 0.153 e. The van der Waals surface area contributed by atoms with E-state index in [-0.39, 0.29) is 11.5 Å². The lowest BCUT2D eigenvalue weighted by Crippen LogP contribution is -2.18. The van der Waals surface area contributed by atoms with Gasteiger partial charge in [0.2, 0.25) is 0 Å². The Morgan fingerprint density at radius 3 is 2.26 bits per heavy atom. The molecule has 0 amide bonds. The van der Waals surface area contributed by atoms with Crippen molar-refractivity contribution in [3.63, 3.8) is 0 Å². The van der Waals surface area contributed by atoms with Gasteiger partial charge in [0.15, 0.2) is 9.84 Å².